The molecule has 0 aliphatic rings. The number of rotatable bonds is 7. The van der Waals surface area contributed by atoms with Crippen LogP contribution in [-0.4, -0.2) is 28.1 Å². The van der Waals surface area contributed by atoms with Gasteiger partial charge in [-0.15, -0.1) is 0 Å². The Morgan fingerprint density at radius 1 is 1.27 bits per heavy atom. The molecule has 0 aliphatic heterocycles. The van der Waals surface area contributed by atoms with Gasteiger partial charge in [0.25, 0.3) is 0 Å². The van der Waals surface area contributed by atoms with E-state index >= 15 is 0 Å². The molecular formula is C18H24ClN5O2. The highest BCUT2D eigenvalue weighted by Gasteiger charge is 2.19. The predicted molar refractivity (Wildman–Crippen MR) is 103 cm³/mol. The average molecular weight is 378 g/mol. The molecule has 1 heterocycles. The van der Waals surface area contributed by atoms with Crippen molar-refractivity contribution >= 4 is 34.8 Å². The summed E-state index contributed by atoms with van der Waals surface area (Å²) in [7, 11) is 0. The quantitative estimate of drug-likeness (QED) is 0.690. The summed E-state index contributed by atoms with van der Waals surface area (Å²) in [6.45, 7) is 6.02. The summed E-state index contributed by atoms with van der Waals surface area (Å²) in [4.78, 5) is 24.2. The molecule has 1 atom stereocenters. The monoisotopic (exact) mass is 377 g/mol. The normalized spacial score (nSPS) is 11.9. The number of aryl methyl sites for hydroxylation is 2. The summed E-state index contributed by atoms with van der Waals surface area (Å²) in [6, 6.07) is 6.39. The number of anilines is 2. The van der Waals surface area contributed by atoms with Crippen molar-refractivity contribution in [3.63, 3.8) is 0 Å². The second-order valence-corrected chi connectivity index (χ2v) is 6.58. The molecule has 1 aromatic carbocycles. The van der Waals surface area contributed by atoms with Gasteiger partial charge in [-0.25, -0.2) is 0 Å². The minimum Gasteiger partial charge on any atom is -0.330 e. The number of benzene rings is 1. The van der Waals surface area contributed by atoms with Gasteiger partial charge in [-0.1, -0.05) is 11.6 Å². The number of aromatic nitrogens is 2. The average Bonchev–Trinajstić information content (AvgIpc) is 2.93. The van der Waals surface area contributed by atoms with Gasteiger partial charge in [0.1, 0.15) is 6.04 Å². The van der Waals surface area contributed by atoms with Gasteiger partial charge in [-0.05, 0) is 58.0 Å². The lowest BCUT2D eigenvalue weighted by atomic mass is 10.2. The lowest BCUT2D eigenvalue weighted by molar-refractivity contribution is -0.119. The Labute approximate surface area is 157 Å². The van der Waals surface area contributed by atoms with Gasteiger partial charge in [0, 0.05) is 17.8 Å². The maximum atomic E-state index is 12.5. The predicted octanol–water partition coefficient (Wildman–Crippen LogP) is 3.03. The summed E-state index contributed by atoms with van der Waals surface area (Å²) in [5.74, 6) is -0.348. The van der Waals surface area contributed by atoms with Crippen LogP contribution in [0.1, 0.15) is 37.2 Å². The van der Waals surface area contributed by atoms with Crippen molar-refractivity contribution in [2.24, 2.45) is 5.73 Å². The smallest absolute Gasteiger partial charge is 0.248 e. The molecule has 140 valence electrons. The zero-order valence-corrected chi connectivity index (χ0v) is 15.9. The summed E-state index contributed by atoms with van der Waals surface area (Å²) in [5.41, 5.74) is 8.20. The number of nitrogens with zero attached hydrogens (tertiary/aromatic N) is 2. The lowest BCUT2D eigenvalue weighted by Crippen LogP contribution is -2.25. The molecule has 7 nitrogen and oxygen atoms in total. The van der Waals surface area contributed by atoms with E-state index in [9.17, 15) is 9.59 Å². The van der Waals surface area contributed by atoms with Gasteiger partial charge in [0.05, 0.1) is 16.4 Å². The fourth-order valence-corrected chi connectivity index (χ4v) is 2.79. The summed E-state index contributed by atoms with van der Waals surface area (Å²) >= 11 is 6.24. The summed E-state index contributed by atoms with van der Waals surface area (Å²) < 4.78 is 1.67. The fourth-order valence-electron chi connectivity index (χ4n) is 2.57. The van der Waals surface area contributed by atoms with Gasteiger partial charge in [-0.2, -0.15) is 5.10 Å². The van der Waals surface area contributed by atoms with Crippen molar-refractivity contribution in [2.45, 2.75) is 39.7 Å². The molecule has 0 fully saturated rings. The number of nitrogens with one attached hydrogen (secondary N) is 2. The molecule has 1 unspecified atom stereocenters. The molecule has 8 heteroatoms. The van der Waals surface area contributed by atoms with E-state index in [1.54, 1.807) is 29.8 Å². The zero-order chi connectivity index (χ0) is 19.3. The molecule has 1 aromatic heterocycles. The van der Waals surface area contributed by atoms with Crippen molar-refractivity contribution < 1.29 is 9.59 Å². The third-order valence-corrected chi connectivity index (χ3v) is 4.22. The molecule has 2 amide bonds. The molecule has 0 bridgehead atoms. The van der Waals surface area contributed by atoms with Crippen LogP contribution in [0.15, 0.2) is 24.3 Å². The molecule has 0 saturated heterocycles. The van der Waals surface area contributed by atoms with Crippen LogP contribution in [-0.2, 0) is 9.59 Å². The molecule has 2 aromatic rings. The lowest BCUT2D eigenvalue weighted by Gasteiger charge is -2.16. The van der Waals surface area contributed by atoms with E-state index in [0.717, 1.165) is 11.4 Å². The van der Waals surface area contributed by atoms with Crippen molar-refractivity contribution in [1.82, 2.24) is 9.78 Å². The highest BCUT2D eigenvalue weighted by atomic mass is 35.5. The maximum Gasteiger partial charge on any atom is 0.248 e. The van der Waals surface area contributed by atoms with Gasteiger partial charge < -0.3 is 16.4 Å². The first-order chi connectivity index (χ1) is 12.3. The second-order valence-electron chi connectivity index (χ2n) is 6.17. The van der Waals surface area contributed by atoms with Crippen molar-refractivity contribution in [3.8, 4) is 0 Å². The van der Waals surface area contributed by atoms with Crippen LogP contribution in [0.4, 0.5) is 11.4 Å². The number of halogens is 1. The van der Waals surface area contributed by atoms with E-state index < -0.39 is 6.04 Å². The van der Waals surface area contributed by atoms with Crippen LogP contribution < -0.4 is 16.4 Å². The number of carbonyl (C=O) groups excluding carboxylic acids is 2. The Morgan fingerprint density at radius 2 is 2.00 bits per heavy atom. The van der Waals surface area contributed by atoms with E-state index in [2.05, 4.69) is 15.7 Å². The van der Waals surface area contributed by atoms with Crippen molar-refractivity contribution in [2.75, 3.05) is 17.2 Å². The molecular weight excluding hydrogens is 354 g/mol. The molecule has 0 radical (unpaired) electrons. The number of nitrogens with two attached hydrogens (primary N) is 1. The molecule has 4 N–H and O–H groups in total. The summed E-state index contributed by atoms with van der Waals surface area (Å²) in [6.07, 6.45) is 0.977. The minimum atomic E-state index is -0.476. The van der Waals surface area contributed by atoms with E-state index in [4.69, 9.17) is 17.3 Å². The Kier molecular flexibility index (Phi) is 6.76. The van der Waals surface area contributed by atoms with E-state index in [1.807, 2.05) is 19.9 Å². The highest BCUT2D eigenvalue weighted by molar-refractivity contribution is 6.34. The Morgan fingerprint density at radius 3 is 2.58 bits per heavy atom. The van der Waals surface area contributed by atoms with Crippen LogP contribution in [0.25, 0.3) is 0 Å². The van der Waals surface area contributed by atoms with Gasteiger partial charge in [0.15, 0.2) is 0 Å². The maximum absolute atomic E-state index is 12.5. The third-order valence-electron chi connectivity index (χ3n) is 3.91. The SMILES string of the molecule is Cc1cc(C)n(C(C)C(=O)Nc2ccc(NC(=O)CCCN)cc2Cl)n1. The second kappa shape index (κ2) is 8.82. The van der Waals surface area contributed by atoms with Crippen LogP contribution >= 0.6 is 11.6 Å². The molecule has 0 saturated carbocycles. The van der Waals surface area contributed by atoms with Crippen LogP contribution in [0.5, 0.6) is 0 Å². The zero-order valence-electron chi connectivity index (χ0n) is 15.2. The largest absolute Gasteiger partial charge is 0.330 e. The standard InChI is InChI=1S/C18H24ClN5O2/c1-11-9-12(2)24(23-11)13(3)18(26)22-16-7-6-14(10-15(16)19)21-17(25)5-4-8-20/h6-7,9-10,13H,4-5,8,20H2,1-3H3,(H,21,25)(H,22,26). The third kappa shape index (κ3) is 5.06. The summed E-state index contributed by atoms with van der Waals surface area (Å²) in [5, 5.41) is 10.2. The van der Waals surface area contributed by atoms with Gasteiger partial charge >= 0.3 is 0 Å². The van der Waals surface area contributed by atoms with Gasteiger partial charge in [-0.3, -0.25) is 14.3 Å². The number of hydrogen-bond acceptors (Lipinski definition) is 4. The first-order valence-electron chi connectivity index (χ1n) is 8.45. The van der Waals surface area contributed by atoms with Crippen LogP contribution in [0.3, 0.4) is 0 Å². The fraction of sp³-hybridized carbons (Fsp3) is 0.389. The van der Waals surface area contributed by atoms with Crippen LogP contribution in [0.2, 0.25) is 5.02 Å². The van der Waals surface area contributed by atoms with Gasteiger partial charge in [0.2, 0.25) is 11.8 Å². The van der Waals surface area contributed by atoms with Crippen LogP contribution in [0, 0.1) is 13.8 Å². The minimum absolute atomic E-state index is 0.124. The van der Waals surface area contributed by atoms with Crippen molar-refractivity contribution in [1.29, 1.82) is 0 Å². The molecule has 0 aliphatic carbocycles. The molecule has 2 rings (SSSR count). The molecule has 26 heavy (non-hydrogen) atoms. The Balaban J connectivity index is 2.04. The number of amides is 2. The Hall–Kier alpha value is -2.38. The first kappa shape index (κ1) is 19.9. The van der Waals surface area contributed by atoms with Crippen molar-refractivity contribution in [3.05, 3.63) is 40.7 Å². The Bertz CT molecular complexity index is 803. The first-order valence-corrected chi connectivity index (χ1v) is 8.82. The molecule has 0 spiro atoms. The van der Waals surface area contributed by atoms with E-state index in [1.165, 1.54) is 0 Å². The number of hydrogen-bond donors (Lipinski definition) is 3. The van der Waals surface area contributed by atoms with E-state index in [0.29, 0.717) is 35.8 Å². The van der Waals surface area contributed by atoms with E-state index in [-0.39, 0.29) is 11.8 Å². The highest BCUT2D eigenvalue weighted by Crippen LogP contribution is 2.26. The topological polar surface area (TPSA) is 102 Å². The number of carbonyl (C=O) groups is 2.